The molecule has 0 bridgehead atoms. The van der Waals surface area contributed by atoms with Gasteiger partial charge in [-0.3, -0.25) is 4.79 Å². The van der Waals surface area contributed by atoms with Crippen LogP contribution in [0.3, 0.4) is 0 Å². The number of aliphatic carboxylic acids is 1. The van der Waals surface area contributed by atoms with Crippen LogP contribution in [-0.2, 0) is 17.4 Å². The Balaban J connectivity index is 0. The van der Waals surface area contributed by atoms with Gasteiger partial charge in [-0.2, -0.15) is 0 Å². The van der Waals surface area contributed by atoms with E-state index in [0.717, 1.165) is 19.4 Å². The fraction of sp³-hybridized carbons (Fsp3) is 0.667. The smallest absolute Gasteiger partial charge is 0.480 e. The van der Waals surface area contributed by atoms with E-state index in [4.69, 9.17) is 5.11 Å². The first-order chi connectivity index (χ1) is 5.54. The fourth-order valence-corrected chi connectivity index (χ4v) is 0.895. The maximum Gasteiger partial charge on any atom is 1.00 e. The first kappa shape index (κ1) is 16.0. The van der Waals surface area contributed by atoms with Gasteiger partial charge in [-0.25, -0.2) is 0 Å². The van der Waals surface area contributed by atoms with Crippen molar-refractivity contribution in [2.45, 2.75) is 18.9 Å². The third kappa shape index (κ3) is 10.5. The zero-order valence-corrected chi connectivity index (χ0v) is 11.1. The molecule has 0 amide bonds. The summed E-state index contributed by atoms with van der Waals surface area (Å²) in [6.07, 6.45) is 1.78. The first-order valence-electron chi connectivity index (χ1n) is 3.46. The van der Waals surface area contributed by atoms with E-state index in [9.17, 15) is 4.79 Å². The Morgan fingerprint density at radius 3 is 2.31 bits per heavy atom. The number of rotatable bonds is 1. The Bertz CT molecular complexity index is 170. The molecule has 0 spiro atoms. The molecule has 0 aromatic rings. The van der Waals surface area contributed by atoms with E-state index in [1.165, 1.54) is 0 Å². The van der Waals surface area contributed by atoms with E-state index >= 15 is 0 Å². The summed E-state index contributed by atoms with van der Waals surface area (Å²) in [5.41, 5.74) is 4.66. The van der Waals surface area contributed by atoms with Gasteiger partial charge in [-0.05, 0) is 19.4 Å². The Kier molecular flexibility index (Phi) is 11.2. The molecule has 0 aromatic heterocycles. The number of thiocarbonyl (C=S) groups is 1. The number of hydrogen-bond donors (Lipinski definition) is 3. The topological polar surface area (TPSA) is 75.4 Å². The minimum absolute atomic E-state index is 0. The van der Waals surface area contributed by atoms with Crippen molar-refractivity contribution in [3.05, 3.63) is 0 Å². The van der Waals surface area contributed by atoms with Gasteiger partial charge in [-0.1, -0.05) is 4.32 Å². The van der Waals surface area contributed by atoms with Crippen LogP contribution in [0.4, 0.5) is 0 Å². The minimum atomic E-state index is -0.720. The third-order valence-electron chi connectivity index (χ3n) is 1.36. The van der Waals surface area contributed by atoms with E-state index in [1.807, 2.05) is 0 Å². The molecule has 7 heteroatoms. The van der Waals surface area contributed by atoms with Crippen LogP contribution in [-0.4, -0.2) is 28.0 Å². The Morgan fingerprint density at radius 1 is 1.69 bits per heavy atom. The zero-order valence-electron chi connectivity index (χ0n) is 7.45. The molecular weight excluding hydrogens is 219 g/mol. The predicted octanol–water partition coefficient (Wildman–Crippen LogP) is -3.40. The van der Waals surface area contributed by atoms with Crippen LogP contribution in [0.5, 0.6) is 0 Å². The third-order valence-corrected chi connectivity index (χ3v) is 1.36. The van der Waals surface area contributed by atoms with Crippen molar-refractivity contribution in [2.24, 2.45) is 5.73 Å². The van der Waals surface area contributed by atoms with Crippen molar-refractivity contribution in [1.82, 2.24) is 5.32 Å². The molecule has 4 N–H and O–H groups in total. The average Bonchev–Trinajstić information content (AvgIpc) is 2.34. The van der Waals surface area contributed by atoms with Crippen LogP contribution >= 0.6 is 12.2 Å². The summed E-state index contributed by atoms with van der Waals surface area (Å²) in [5, 5.41) is 11.2. The molecule has 1 rings (SSSR count). The molecule has 1 aliphatic rings. The minimum Gasteiger partial charge on any atom is -0.480 e. The van der Waals surface area contributed by atoms with Gasteiger partial charge in [0.05, 0.1) is 0 Å². The van der Waals surface area contributed by atoms with Crippen molar-refractivity contribution in [1.29, 1.82) is 0 Å². The Hall–Kier alpha value is 0.540. The SMILES string of the molecule is NC(=S)[S-].O=C(O)C1CCCN1.[Na+]. The van der Waals surface area contributed by atoms with Crippen molar-refractivity contribution in [3.8, 4) is 0 Å². The maximum absolute atomic E-state index is 10.1. The van der Waals surface area contributed by atoms with Gasteiger partial charge in [0.1, 0.15) is 6.04 Å². The Morgan fingerprint density at radius 2 is 2.15 bits per heavy atom. The van der Waals surface area contributed by atoms with E-state index in [1.54, 1.807) is 0 Å². The van der Waals surface area contributed by atoms with Crippen LogP contribution in [0.15, 0.2) is 0 Å². The summed E-state index contributed by atoms with van der Waals surface area (Å²) in [6.45, 7) is 0.858. The van der Waals surface area contributed by atoms with E-state index in [0.29, 0.717) is 0 Å². The quantitative estimate of drug-likeness (QED) is 0.248. The number of carbonyl (C=O) groups is 1. The molecule has 4 nitrogen and oxygen atoms in total. The summed E-state index contributed by atoms with van der Waals surface area (Å²) >= 11 is 8.26. The van der Waals surface area contributed by atoms with Crippen LogP contribution in [0.25, 0.3) is 0 Å². The summed E-state index contributed by atoms with van der Waals surface area (Å²) in [6, 6.07) is -0.269. The van der Waals surface area contributed by atoms with Gasteiger partial charge in [0.15, 0.2) is 0 Å². The van der Waals surface area contributed by atoms with E-state index in [2.05, 4.69) is 35.9 Å². The number of hydrogen-bond acceptors (Lipinski definition) is 4. The molecule has 13 heavy (non-hydrogen) atoms. The fourth-order valence-electron chi connectivity index (χ4n) is 0.895. The molecule has 0 aliphatic carbocycles. The van der Waals surface area contributed by atoms with E-state index < -0.39 is 5.97 Å². The monoisotopic (exact) mass is 230 g/mol. The summed E-state index contributed by atoms with van der Waals surface area (Å²) < 4.78 is 0.0833. The largest absolute Gasteiger partial charge is 1.00 e. The second-order valence-corrected chi connectivity index (χ2v) is 3.44. The molecule has 1 unspecified atom stereocenters. The molecule has 70 valence electrons. The van der Waals surface area contributed by atoms with Gasteiger partial charge in [0, 0.05) is 0 Å². The van der Waals surface area contributed by atoms with Crippen LogP contribution in [0.1, 0.15) is 12.8 Å². The van der Waals surface area contributed by atoms with Crippen molar-refractivity contribution < 1.29 is 39.5 Å². The molecule has 1 heterocycles. The number of nitrogens with two attached hydrogens (primary N) is 1. The standard InChI is InChI=1S/C5H9NO2.CH3NS2.Na/c7-5(8)4-2-1-3-6-4;2-1(3)4;/h4,6H,1-3H2,(H,7,8);(H3,2,3,4);/q;;+1/p-1. The molecule has 0 saturated carbocycles. The van der Waals surface area contributed by atoms with Crippen LogP contribution < -0.4 is 40.6 Å². The number of carboxylic acids is 1. The second kappa shape index (κ2) is 9.11. The molecule has 1 aliphatic heterocycles. The number of nitrogens with one attached hydrogen (secondary N) is 1. The van der Waals surface area contributed by atoms with E-state index in [-0.39, 0.29) is 39.9 Å². The molecule has 0 radical (unpaired) electrons. The molecule has 1 atom stereocenters. The summed E-state index contributed by atoms with van der Waals surface area (Å²) in [5.74, 6) is -0.720. The van der Waals surface area contributed by atoms with Gasteiger partial charge in [-0.15, -0.1) is 0 Å². The molecule has 1 saturated heterocycles. The Labute approximate surface area is 110 Å². The van der Waals surface area contributed by atoms with Gasteiger partial charge >= 0.3 is 35.5 Å². The van der Waals surface area contributed by atoms with Crippen molar-refractivity contribution in [3.63, 3.8) is 0 Å². The van der Waals surface area contributed by atoms with Crippen LogP contribution in [0, 0.1) is 0 Å². The second-order valence-electron chi connectivity index (χ2n) is 2.31. The molecule has 1 fully saturated rings. The van der Waals surface area contributed by atoms with Gasteiger partial charge in [0.25, 0.3) is 0 Å². The molecular formula is C6H11N2NaO2S2. The first-order valence-corrected chi connectivity index (χ1v) is 4.28. The zero-order chi connectivity index (χ0) is 9.56. The molecule has 0 aromatic carbocycles. The summed E-state index contributed by atoms with van der Waals surface area (Å²) in [4.78, 5) is 10.1. The average molecular weight is 230 g/mol. The normalized spacial score (nSPS) is 19.2. The van der Waals surface area contributed by atoms with Gasteiger partial charge in [0.2, 0.25) is 0 Å². The van der Waals surface area contributed by atoms with Gasteiger partial charge < -0.3 is 41.0 Å². The maximum atomic E-state index is 10.1. The predicted molar refractivity (Wildman–Crippen MR) is 52.8 cm³/mol. The van der Waals surface area contributed by atoms with Crippen molar-refractivity contribution in [2.75, 3.05) is 6.54 Å². The number of carboxylic acid groups (broad SMARTS) is 1. The van der Waals surface area contributed by atoms with Crippen molar-refractivity contribution >= 4 is 35.1 Å². The summed E-state index contributed by atoms with van der Waals surface area (Å²) in [7, 11) is 0. The van der Waals surface area contributed by atoms with Crippen LogP contribution in [0.2, 0.25) is 0 Å².